The Labute approximate surface area is 115 Å². The first-order valence-electron chi connectivity index (χ1n) is 6.73. The molecule has 0 saturated carbocycles. The van der Waals surface area contributed by atoms with Crippen molar-refractivity contribution in [1.29, 1.82) is 0 Å². The third-order valence-corrected chi connectivity index (χ3v) is 3.09. The summed E-state index contributed by atoms with van der Waals surface area (Å²) in [5, 5.41) is 2.75. The second-order valence-corrected chi connectivity index (χ2v) is 4.66. The first-order valence-corrected chi connectivity index (χ1v) is 6.73. The lowest BCUT2D eigenvalue weighted by Gasteiger charge is -2.26. The Morgan fingerprint density at radius 3 is 2.32 bits per heavy atom. The maximum atomic E-state index is 6.02. The molecule has 0 radical (unpaired) electrons. The van der Waals surface area contributed by atoms with Gasteiger partial charge in [-0.25, -0.2) is 0 Å². The van der Waals surface area contributed by atoms with Crippen LogP contribution in [0.5, 0.6) is 5.75 Å². The quantitative estimate of drug-likeness (QED) is 0.841. The molecule has 0 bridgehead atoms. The predicted molar refractivity (Wildman–Crippen MR) is 79.6 cm³/mol. The number of ether oxygens (including phenoxy) is 1. The highest BCUT2D eigenvalue weighted by molar-refractivity contribution is 5.36. The number of hydrogen-bond acceptors (Lipinski definition) is 2. The molecule has 0 spiro atoms. The van der Waals surface area contributed by atoms with Crippen molar-refractivity contribution < 1.29 is 4.74 Å². The minimum Gasteiger partial charge on any atom is -0.485 e. The van der Waals surface area contributed by atoms with Crippen molar-refractivity contribution in [3.63, 3.8) is 0 Å². The fraction of sp³-hybridized carbons (Fsp3) is 0.294. The predicted octanol–water partition coefficient (Wildman–Crippen LogP) is 3.59. The molecule has 0 saturated heterocycles. The topological polar surface area (TPSA) is 21.3 Å². The van der Waals surface area contributed by atoms with Crippen molar-refractivity contribution in [3.8, 4) is 5.75 Å². The van der Waals surface area contributed by atoms with Crippen LogP contribution in [0, 0.1) is 0 Å². The van der Waals surface area contributed by atoms with Gasteiger partial charge in [0, 0.05) is 0 Å². The molecule has 1 N–H and O–H groups in total. The zero-order chi connectivity index (χ0) is 13.5. The van der Waals surface area contributed by atoms with Gasteiger partial charge in [0.15, 0.2) is 0 Å². The van der Waals surface area contributed by atoms with Gasteiger partial charge in [0.1, 0.15) is 11.9 Å². The lowest BCUT2D eigenvalue weighted by atomic mass is 9.98. The third-order valence-electron chi connectivity index (χ3n) is 3.09. The molecule has 0 aromatic heterocycles. The maximum absolute atomic E-state index is 6.02. The van der Waals surface area contributed by atoms with Crippen LogP contribution >= 0.6 is 0 Å². The standard InChI is InChI=1S/C15H14O.C2H7N/c1-2-6-12(7-3-1)15-11-10-13-8-4-5-9-14(13)16-15;1-3-2/h1-9,15H,10-11H2;3H,1-2H3. The van der Waals surface area contributed by atoms with Crippen LogP contribution in [-0.2, 0) is 6.42 Å². The summed E-state index contributed by atoms with van der Waals surface area (Å²) in [5.41, 5.74) is 2.60. The van der Waals surface area contributed by atoms with E-state index in [1.54, 1.807) is 0 Å². The minimum atomic E-state index is 0.219. The van der Waals surface area contributed by atoms with Gasteiger partial charge in [0.05, 0.1) is 0 Å². The highest BCUT2D eigenvalue weighted by Gasteiger charge is 2.20. The van der Waals surface area contributed by atoms with E-state index in [1.165, 1.54) is 11.1 Å². The van der Waals surface area contributed by atoms with E-state index >= 15 is 0 Å². The van der Waals surface area contributed by atoms with Gasteiger partial charge in [-0.2, -0.15) is 0 Å². The lowest BCUT2D eigenvalue weighted by Crippen LogP contribution is -2.14. The Morgan fingerprint density at radius 1 is 0.947 bits per heavy atom. The molecular weight excluding hydrogens is 234 g/mol. The molecule has 2 aromatic rings. The van der Waals surface area contributed by atoms with Crippen LogP contribution in [-0.4, -0.2) is 14.1 Å². The van der Waals surface area contributed by atoms with E-state index in [4.69, 9.17) is 4.74 Å². The van der Waals surface area contributed by atoms with Crippen molar-refractivity contribution in [2.24, 2.45) is 0 Å². The number of nitrogens with one attached hydrogen (secondary N) is 1. The summed E-state index contributed by atoms with van der Waals surface area (Å²) in [4.78, 5) is 0. The van der Waals surface area contributed by atoms with Crippen LogP contribution in [0.25, 0.3) is 0 Å². The van der Waals surface area contributed by atoms with Gasteiger partial charge in [-0.15, -0.1) is 0 Å². The average Bonchev–Trinajstić information content (AvgIpc) is 2.48. The molecule has 0 amide bonds. The second-order valence-electron chi connectivity index (χ2n) is 4.66. The van der Waals surface area contributed by atoms with Crippen molar-refractivity contribution in [3.05, 3.63) is 65.7 Å². The normalized spacial score (nSPS) is 16.6. The first-order chi connectivity index (χ1) is 9.35. The smallest absolute Gasteiger partial charge is 0.124 e. The van der Waals surface area contributed by atoms with Crippen molar-refractivity contribution in [2.75, 3.05) is 14.1 Å². The Hall–Kier alpha value is -1.80. The SMILES string of the molecule is CNC.c1ccc(C2CCc3ccccc3O2)cc1. The molecule has 1 heterocycles. The molecule has 2 aromatic carbocycles. The molecule has 2 heteroatoms. The minimum absolute atomic E-state index is 0.219. The van der Waals surface area contributed by atoms with E-state index in [0.29, 0.717) is 0 Å². The fourth-order valence-electron chi connectivity index (χ4n) is 2.23. The van der Waals surface area contributed by atoms with Gasteiger partial charge in [-0.05, 0) is 44.1 Å². The number of rotatable bonds is 1. The Balaban J connectivity index is 0.000000408. The highest BCUT2D eigenvalue weighted by Crippen LogP contribution is 2.34. The first kappa shape index (κ1) is 13.6. The van der Waals surface area contributed by atoms with Gasteiger partial charge < -0.3 is 10.1 Å². The fourth-order valence-corrected chi connectivity index (χ4v) is 2.23. The average molecular weight is 255 g/mol. The van der Waals surface area contributed by atoms with Gasteiger partial charge in [0.2, 0.25) is 0 Å². The molecular formula is C17H21NO. The highest BCUT2D eigenvalue weighted by atomic mass is 16.5. The molecule has 2 nitrogen and oxygen atoms in total. The number of hydrogen-bond donors (Lipinski definition) is 1. The van der Waals surface area contributed by atoms with Crippen LogP contribution in [0.1, 0.15) is 23.7 Å². The molecule has 100 valence electrons. The van der Waals surface area contributed by atoms with Gasteiger partial charge in [0.25, 0.3) is 0 Å². The maximum Gasteiger partial charge on any atom is 0.124 e. The summed E-state index contributed by atoms with van der Waals surface area (Å²) >= 11 is 0. The zero-order valence-electron chi connectivity index (χ0n) is 11.6. The van der Waals surface area contributed by atoms with Crippen LogP contribution in [0.2, 0.25) is 0 Å². The number of aryl methyl sites for hydroxylation is 1. The molecule has 19 heavy (non-hydrogen) atoms. The summed E-state index contributed by atoms with van der Waals surface area (Å²) in [6.45, 7) is 0. The van der Waals surface area contributed by atoms with Crippen LogP contribution in [0.3, 0.4) is 0 Å². The van der Waals surface area contributed by atoms with Crippen LogP contribution < -0.4 is 10.1 Å². The molecule has 0 fully saturated rings. The summed E-state index contributed by atoms with van der Waals surface area (Å²) in [5.74, 6) is 1.04. The van der Waals surface area contributed by atoms with Gasteiger partial charge in [-0.3, -0.25) is 0 Å². The number of benzene rings is 2. The van der Waals surface area contributed by atoms with E-state index in [1.807, 2.05) is 26.2 Å². The van der Waals surface area contributed by atoms with E-state index in [0.717, 1.165) is 18.6 Å². The zero-order valence-corrected chi connectivity index (χ0v) is 11.6. The largest absolute Gasteiger partial charge is 0.485 e. The monoisotopic (exact) mass is 255 g/mol. The number of para-hydroxylation sites is 1. The molecule has 3 rings (SSSR count). The molecule has 1 aliphatic heterocycles. The summed E-state index contributed by atoms with van der Waals surface area (Å²) in [6, 6.07) is 18.8. The second kappa shape index (κ2) is 6.95. The van der Waals surface area contributed by atoms with E-state index in [2.05, 4.69) is 47.8 Å². The van der Waals surface area contributed by atoms with E-state index in [-0.39, 0.29) is 6.10 Å². The van der Waals surface area contributed by atoms with Crippen molar-refractivity contribution >= 4 is 0 Å². The third kappa shape index (κ3) is 3.58. The van der Waals surface area contributed by atoms with E-state index in [9.17, 15) is 0 Å². The van der Waals surface area contributed by atoms with Crippen molar-refractivity contribution in [2.45, 2.75) is 18.9 Å². The Morgan fingerprint density at radius 2 is 1.58 bits per heavy atom. The van der Waals surface area contributed by atoms with Crippen LogP contribution in [0.4, 0.5) is 0 Å². The summed E-state index contributed by atoms with van der Waals surface area (Å²) < 4.78 is 6.02. The Kier molecular flexibility index (Phi) is 4.99. The molecule has 1 aliphatic rings. The van der Waals surface area contributed by atoms with E-state index < -0.39 is 0 Å². The Bertz CT molecular complexity index is 496. The van der Waals surface area contributed by atoms with Crippen molar-refractivity contribution in [1.82, 2.24) is 5.32 Å². The van der Waals surface area contributed by atoms with Crippen LogP contribution in [0.15, 0.2) is 54.6 Å². The lowest BCUT2D eigenvalue weighted by molar-refractivity contribution is 0.176. The molecule has 1 unspecified atom stereocenters. The number of fused-ring (bicyclic) bond motifs is 1. The van der Waals surface area contributed by atoms with Gasteiger partial charge in [-0.1, -0.05) is 48.5 Å². The molecule has 0 aliphatic carbocycles. The summed E-state index contributed by atoms with van der Waals surface area (Å²) in [6.07, 6.45) is 2.40. The molecule has 1 atom stereocenters. The van der Waals surface area contributed by atoms with Gasteiger partial charge >= 0.3 is 0 Å². The summed E-state index contributed by atoms with van der Waals surface area (Å²) in [7, 11) is 3.75.